The highest BCUT2D eigenvalue weighted by molar-refractivity contribution is 4.71. The van der Waals surface area contributed by atoms with E-state index in [1.165, 1.54) is 32.2 Å². The molecule has 4 nitrogen and oxygen atoms in total. The van der Waals surface area contributed by atoms with Gasteiger partial charge in [-0.1, -0.05) is 19.8 Å². The smallest absolute Gasteiger partial charge is 0.137 e. The van der Waals surface area contributed by atoms with Crippen LogP contribution in [0.5, 0.6) is 0 Å². The molecular formula is C12H22N4. The lowest BCUT2D eigenvalue weighted by atomic mass is 9.83. The summed E-state index contributed by atoms with van der Waals surface area (Å²) < 4.78 is 1.87. The zero-order chi connectivity index (χ0) is 11.2. The van der Waals surface area contributed by atoms with Gasteiger partial charge in [0, 0.05) is 6.54 Å². The molecule has 1 heterocycles. The molecule has 0 saturated heterocycles. The van der Waals surface area contributed by atoms with Crippen molar-refractivity contribution in [3.63, 3.8) is 0 Å². The molecule has 0 bridgehead atoms. The SMILES string of the molecule is CC1CCC(CNCCn2cncn2)CC1. The minimum absolute atomic E-state index is 0.895. The molecule has 1 aliphatic carbocycles. The van der Waals surface area contributed by atoms with E-state index in [4.69, 9.17) is 0 Å². The standard InChI is InChI=1S/C12H22N4/c1-11-2-4-12(5-3-11)8-13-6-7-16-10-14-9-15-16/h9-13H,2-8H2,1H3. The first-order chi connectivity index (χ1) is 7.84. The average molecular weight is 222 g/mol. The van der Waals surface area contributed by atoms with E-state index < -0.39 is 0 Å². The van der Waals surface area contributed by atoms with Crippen molar-refractivity contribution in [2.45, 2.75) is 39.2 Å². The minimum Gasteiger partial charge on any atom is -0.315 e. The summed E-state index contributed by atoms with van der Waals surface area (Å²) in [6.45, 7) is 5.45. The maximum Gasteiger partial charge on any atom is 0.137 e. The molecule has 0 aromatic carbocycles. The van der Waals surface area contributed by atoms with Gasteiger partial charge >= 0.3 is 0 Å². The Morgan fingerprint density at radius 1 is 1.31 bits per heavy atom. The predicted octanol–water partition coefficient (Wildman–Crippen LogP) is 1.69. The second kappa shape index (κ2) is 5.99. The minimum atomic E-state index is 0.895. The molecule has 1 fully saturated rings. The first-order valence-electron chi connectivity index (χ1n) is 6.37. The highest BCUT2D eigenvalue weighted by Gasteiger charge is 2.17. The largest absolute Gasteiger partial charge is 0.315 e. The highest BCUT2D eigenvalue weighted by Crippen LogP contribution is 2.27. The van der Waals surface area contributed by atoms with Gasteiger partial charge in [-0.25, -0.2) is 4.98 Å². The molecule has 0 atom stereocenters. The number of hydrogen-bond acceptors (Lipinski definition) is 3. The van der Waals surface area contributed by atoms with E-state index in [0.717, 1.165) is 24.9 Å². The molecule has 0 radical (unpaired) electrons. The first kappa shape index (κ1) is 11.6. The van der Waals surface area contributed by atoms with Gasteiger partial charge < -0.3 is 5.32 Å². The molecule has 0 aliphatic heterocycles. The van der Waals surface area contributed by atoms with Crippen LogP contribution in [0, 0.1) is 11.8 Å². The molecule has 1 aliphatic rings. The Labute approximate surface area is 97.5 Å². The molecular weight excluding hydrogens is 200 g/mol. The van der Waals surface area contributed by atoms with Crippen molar-refractivity contribution < 1.29 is 0 Å². The molecule has 1 aromatic heterocycles. The van der Waals surface area contributed by atoms with Gasteiger partial charge in [0.25, 0.3) is 0 Å². The van der Waals surface area contributed by atoms with E-state index in [1.54, 1.807) is 12.7 Å². The van der Waals surface area contributed by atoms with Crippen LogP contribution >= 0.6 is 0 Å². The number of hydrogen-bond donors (Lipinski definition) is 1. The normalized spacial score (nSPS) is 25.8. The predicted molar refractivity (Wildman–Crippen MR) is 64.0 cm³/mol. The zero-order valence-corrected chi connectivity index (χ0v) is 10.1. The lowest BCUT2D eigenvalue weighted by Gasteiger charge is -2.26. The summed E-state index contributed by atoms with van der Waals surface area (Å²) in [5.41, 5.74) is 0. The fourth-order valence-corrected chi connectivity index (χ4v) is 2.38. The second-order valence-electron chi connectivity index (χ2n) is 4.99. The van der Waals surface area contributed by atoms with Crippen LogP contribution in [0.25, 0.3) is 0 Å². The molecule has 16 heavy (non-hydrogen) atoms. The highest BCUT2D eigenvalue weighted by atomic mass is 15.3. The number of rotatable bonds is 5. The second-order valence-corrected chi connectivity index (χ2v) is 4.99. The molecule has 0 spiro atoms. The van der Waals surface area contributed by atoms with Gasteiger partial charge in [0.1, 0.15) is 12.7 Å². The van der Waals surface area contributed by atoms with Gasteiger partial charge in [0.05, 0.1) is 6.54 Å². The third-order valence-electron chi connectivity index (χ3n) is 3.55. The van der Waals surface area contributed by atoms with Gasteiger partial charge in [-0.2, -0.15) is 5.10 Å². The van der Waals surface area contributed by atoms with E-state index in [-0.39, 0.29) is 0 Å². The van der Waals surface area contributed by atoms with Gasteiger partial charge in [-0.3, -0.25) is 4.68 Å². The third-order valence-corrected chi connectivity index (χ3v) is 3.55. The van der Waals surface area contributed by atoms with Crippen LogP contribution < -0.4 is 5.32 Å². The van der Waals surface area contributed by atoms with Gasteiger partial charge in [-0.15, -0.1) is 0 Å². The van der Waals surface area contributed by atoms with Crippen molar-refractivity contribution in [2.24, 2.45) is 11.8 Å². The fraction of sp³-hybridized carbons (Fsp3) is 0.833. The third kappa shape index (κ3) is 3.59. The number of nitrogens with zero attached hydrogens (tertiary/aromatic N) is 3. The quantitative estimate of drug-likeness (QED) is 0.771. The van der Waals surface area contributed by atoms with Crippen LogP contribution in [0.2, 0.25) is 0 Å². The van der Waals surface area contributed by atoms with Crippen molar-refractivity contribution >= 4 is 0 Å². The van der Waals surface area contributed by atoms with Crippen molar-refractivity contribution in [1.82, 2.24) is 20.1 Å². The van der Waals surface area contributed by atoms with Gasteiger partial charge in [-0.05, 0) is 31.2 Å². The van der Waals surface area contributed by atoms with Crippen molar-refractivity contribution in [1.29, 1.82) is 0 Å². The lowest BCUT2D eigenvalue weighted by molar-refractivity contribution is 0.281. The molecule has 1 saturated carbocycles. The Morgan fingerprint density at radius 2 is 2.12 bits per heavy atom. The van der Waals surface area contributed by atoms with Crippen LogP contribution in [0.3, 0.4) is 0 Å². The maximum absolute atomic E-state index is 4.08. The summed E-state index contributed by atoms with van der Waals surface area (Å²) in [6.07, 6.45) is 8.98. The molecule has 1 aromatic rings. The fourth-order valence-electron chi connectivity index (χ4n) is 2.38. The van der Waals surface area contributed by atoms with Gasteiger partial charge in [0.15, 0.2) is 0 Å². The summed E-state index contributed by atoms with van der Waals surface area (Å²) in [5, 5.41) is 7.60. The van der Waals surface area contributed by atoms with Crippen LogP contribution in [-0.4, -0.2) is 27.9 Å². The summed E-state index contributed by atoms with van der Waals surface area (Å²) in [4.78, 5) is 3.92. The molecule has 90 valence electrons. The van der Waals surface area contributed by atoms with Crippen LogP contribution in [-0.2, 0) is 6.54 Å². The number of aromatic nitrogens is 3. The van der Waals surface area contributed by atoms with Crippen molar-refractivity contribution in [2.75, 3.05) is 13.1 Å². The van der Waals surface area contributed by atoms with Crippen molar-refractivity contribution in [3.05, 3.63) is 12.7 Å². The van der Waals surface area contributed by atoms with E-state index in [2.05, 4.69) is 22.3 Å². The van der Waals surface area contributed by atoms with E-state index in [9.17, 15) is 0 Å². The number of nitrogens with one attached hydrogen (secondary N) is 1. The average Bonchev–Trinajstić information content (AvgIpc) is 2.80. The molecule has 2 rings (SSSR count). The summed E-state index contributed by atoms with van der Waals surface area (Å²) in [7, 11) is 0. The molecule has 0 amide bonds. The van der Waals surface area contributed by atoms with Crippen LogP contribution in [0.4, 0.5) is 0 Å². The Morgan fingerprint density at radius 3 is 2.81 bits per heavy atom. The summed E-state index contributed by atoms with van der Waals surface area (Å²) in [6, 6.07) is 0. The monoisotopic (exact) mass is 222 g/mol. The van der Waals surface area contributed by atoms with Crippen LogP contribution in [0.15, 0.2) is 12.7 Å². The Hall–Kier alpha value is -0.900. The summed E-state index contributed by atoms with van der Waals surface area (Å²) in [5.74, 6) is 1.85. The first-order valence-corrected chi connectivity index (χ1v) is 6.37. The van der Waals surface area contributed by atoms with E-state index in [0.29, 0.717) is 0 Å². The van der Waals surface area contributed by atoms with E-state index in [1.807, 2.05) is 4.68 Å². The zero-order valence-electron chi connectivity index (χ0n) is 10.1. The maximum atomic E-state index is 4.08. The molecule has 1 N–H and O–H groups in total. The Bertz CT molecular complexity index is 275. The summed E-state index contributed by atoms with van der Waals surface area (Å²) >= 11 is 0. The van der Waals surface area contributed by atoms with E-state index >= 15 is 0 Å². The lowest BCUT2D eigenvalue weighted by Crippen LogP contribution is -2.28. The Kier molecular flexibility index (Phi) is 4.34. The van der Waals surface area contributed by atoms with Gasteiger partial charge in [0.2, 0.25) is 0 Å². The topological polar surface area (TPSA) is 42.7 Å². The van der Waals surface area contributed by atoms with Crippen molar-refractivity contribution in [3.8, 4) is 0 Å². The molecule has 4 heteroatoms. The molecule has 0 unspecified atom stereocenters. The Balaban J connectivity index is 1.55. The van der Waals surface area contributed by atoms with Crippen LogP contribution in [0.1, 0.15) is 32.6 Å².